The molecule has 2 N–H and O–H groups in total. The molecule has 0 atom stereocenters. The summed E-state index contributed by atoms with van der Waals surface area (Å²) in [6.45, 7) is 0. The van der Waals surface area contributed by atoms with Crippen molar-refractivity contribution in [2.24, 2.45) is 5.73 Å². The monoisotopic (exact) mass is 287 g/mol. The Bertz CT molecular complexity index is 735. The summed E-state index contributed by atoms with van der Waals surface area (Å²) in [5.74, 6) is -0.509. The van der Waals surface area contributed by atoms with Gasteiger partial charge in [-0.3, -0.25) is 4.79 Å². The molecule has 5 heteroatoms. The van der Waals surface area contributed by atoms with Gasteiger partial charge in [0.15, 0.2) is 0 Å². The maximum Gasteiger partial charge on any atom is 0.209 e. The van der Waals surface area contributed by atoms with E-state index < -0.39 is 15.6 Å². The zero-order valence-corrected chi connectivity index (χ0v) is 11.4. The van der Waals surface area contributed by atoms with Crippen LogP contribution in [0.15, 0.2) is 76.7 Å². The first-order valence-electron chi connectivity index (χ1n) is 5.88. The van der Waals surface area contributed by atoms with Crippen LogP contribution in [0.2, 0.25) is 0 Å². The van der Waals surface area contributed by atoms with Gasteiger partial charge in [-0.15, -0.1) is 0 Å². The zero-order chi connectivity index (χ0) is 14.6. The van der Waals surface area contributed by atoms with E-state index in [1.165, 1.54) is 12.1 Å². The van der Waals surface area contributed by atoms with Gasteiger partial charge in [0.05, 0.1) is 16.0 Å². The number of carbonyl (C=O) groups is 1. The SMILES string of the molecule is N/C(=C\S(=O)(=O)c1ccccc1)C(=O)c1ccccc1. The lowest BCUT2D eigenvalue weighted by Crippen LogP contribution is -2.14. The van der Waals surface area contributed by atoms with E-state index in [-0.39, 0.29) is 10.6 Å². The number of Topliss-reactive ketones (excluding diaryl/α,β-unsaturated/α-hetero) is 1. The number of ketones is 1. The van der Waals surface area contributed by atoms with Crippen molar-refractivity contribution in [2.75, 3.05) is 0 Å². The molecule has 20 heavy (non-hydrogen) atoms. The lowest BCUT2D eigenvalue weighted by molar-refractivity contribution is 0.103. The molecule has 0 saturated heterocycles. The standard InChI is InChI=1S/C15H13NO3S/c16-14(15(17)12-7-3-1-4-8-12)11-20(18,19)13-9-5-2-6-10-13/h1-11H,16H2/b14-11-. The van der Waals surface area contributed by atoms with Crippen molar-refractivity contribution in [1.29, 1.82) is 0 Å². The van der Waals surface area contributed by atoms with Crippen molar-refractivity contribution in [3.8, 4) is 0 Å². The molecular formula is C15H13NO3S. The van der Waals surface area contributed by atoms with Crippen LogP contribution < -0.4 is 5.73 Å². The molecule has 0 radical (unpaired) electrons. The van der Waals surface area contributed by atoms with Gasteiger partial charge in [0.25, 0.3) is 0 Å². The third-order valence-electron chi connectivity index (χ3n) is 2.65. The van der Waals surface area contributed by atoms with Crippen LogP contribution >= 0.6 is 0 Å². The summed E-state index contributed by atoms with van der Waals surface area (Å²) in [5.41, 5.74) is 5.65. The number of allylic oxidation sites excluding steroid dienone is 1. The minimum absolute atomic E-state index is 0.101. The van der Waals surface area contributed by atoms with E-state index in [4.69, 9.17) is 5.73 Å². The fraction of sp³-hybridized carbons (Fsp3) is 0. The Morgan fingerprint density at radius 3 is 1.95 bits per heavy atom. The molecule has 0 saturated carbocycles. The number of carbonyl (C=O) groups excluding carboxylic acids is 1. The van der Waals surface area contributed by atoms with Crippen LogP contribution in [0.1, 0.15) is 10.4 Å². The Labute approximate surface area is 117 Å². The molecule has 2 rings (SSSR count). The molecule has 0 aliphatic carbocycles. The van der Waals surface area contributed by atoms with Crippen molar-refractivity contribution < 1.29 is 13.2 Å². The average Bonchev–Trinajstić information content (AvgIpc) is 2.48. The predicted octanol–water partition coefficient (Wildman–Crippen LogP) is 2.14. The van der Waals surface area contributed by atoms with Crippen molar-refractivity contribution in [2.45, 2.75) is 4.90 Å². The van der Waals surface area contributed by atoms with Gasteiger partial charge in [-0.1, -0.05) is 48.5 Å². The molecular weight excluding hydrogens is 274 g/mol. The highest BCUT2D eigenvalue weighted by molar-refractivity contribution is 7.94. The normalized spacial score (nSPS) is 12.1. The molecule has 0 aliphatic rings. The lowest BCUT2D eigenvalue weighted by Gasteiger charge is -2.02. The van der Waals surface area contributed by atoms with Crippen LogP contribution in [-0.2, 0) is 9.84 Å². The lowest BCUT2D eigenvalue weighted by atomic mass is 10.1. The second kappa shape index (κ2) is 5.71. The van der Waals surface area contributed by atoms with E-state index in [9.17, 15) is 13.2 Å². The smallest absolute Gasteiger partial charge is 0.209 e. The van der Waals surface area contributed by atoms with Gasteiger partial charge in [-0.25, -0.2) is 8.42 Å². The Morgan fingerprint density at radius 1 is 0.900 bits per heavy atom. The number of benzene rings is 2. The molecule has 0 unspecified atom stereocenters. The predicted molar refractivity (Wildman–Crippen MR) is 76.7 cm³/mol. The fourth-order valence-electron chi connectivity index (χ4n) is 1.66. The van der Waals surface area contributed by atoms with Crippen molar-refractivity contribution in [3.63, 3.8) is 0 Å². The highest BCUT2D eigenvalue weighted by Gasteiger charge is 2.15. The number of hydrogen-bond acceptors (Lipinski definition) is 4. The third-order valence-corrected chi connectivity index (χ3v) is 4.15. The summed E-state index contributed by atoms with van der Waals surface area (Å²) >= 11 is 0. The zero-order valence-electron chi connectivity index (χ0n) is 10.6. The first-order chi connectivity index (χ1) is 9.50. The first kappa shape index (κ1) is 14.0. The number of sulfone groups is 1. The van der Waals surface area contributed by atoms with Gasteiger partial charge in [-0.2, -0.15) is 0 Å². The third kappa shape index (κ3) is 3.13. The van der Waals surface area contributed by atoms with E-state index in [0.29, 0.717) is 5.56 Å². The van der Waals surface area contributed by atoms with Crippen LogP contribution in [0.4, 0.5) is 0 Å². The molecule has 0 amide bonds. The second-order valence-corrected chi connectivity index (χ2v) is 5.92. The summed E-state index contributed by atoms with van der Waals surface area (Å²) in [6.07, 6.45) is 0. The Morgan fingerprint density at radius 2 is 1.40 bits per heavy atom. The molecule has 4 nitrogen and oxygen atoms in total. The topological polar surface area (TPSA) is 77.2 Å². The van der Waals surface area contributed by atoms with E-state index in [2.05, 4.69) is 0 Å². The Balaban J connectivity index is 2.34. The van der Waals surface area contributed by atoms with Crippen LogP contribution in [0.3, 0.4) is 0 Å². The molecule has 0 bridgehead atoms. The first-order valence-corrected chi connectivity index (χ1v) is 7.42. The molecule has 0 aromatic heterocycles. The number of rotatable bonds is 4. The molecule has 2 aromatic carbocycles. The Hall–Kier alpha value is -2.40. The largest absolute Gasteiger partial charge is 0.395 e. The summed E-state index contributed by atoms with van der Waals surface area (Å²) < 4.78 is 24.1. The minimum Gasteiger partial charge on any atom is -0.395 e. The second-order valence-electron chi connectivity index (χ2n) is 4.13. The number of hydrogen-bond donors (Lipinski definition) is 1. The molecule has 0 spiro atoms. The maximum atomic E-state index is 12.1. The summed E-state index contributed by atoms with van der Waals surface area (Å²) in [7, 11) is -3.72. The van der Waals surface area contributed by atoms with E-state index >= 15 is 0 Å². The molecule has 102 valence electrons. The van der Waals surface area contributed by atoms with E-state index in [1.54, 1.807) is 48.5 Å². The van der Waals surface area contributed by atoms with Gasteiger partial charge < -0.3 is 5.73 Å². The van der Waals surface area contributed by atoms with Crippen LogP contribution in [0.25, 0.3) is 0 Å². The van der Waals surface area contributed by atoms with Crippen LogP contribution in [-0.4, -0.2) is 14.2 Å². The fourth-order valence-corrected chi connectivity index (χ4v) is 2.77. The quantitative estimate of drug-likeness (QED) is 0.690. The van der Waals surface area contributed by atoms with Crippen LogP contribution in [0.5, 0.6) is 0 Å². The van der Waals surface area contributed by atoms with Crippen molar-refractivity contribution in [3.05, 3.63) is 77.3 Å². The van der Waals surface area contributed by atoms with Crippen molar-refractivity contribution >= 4 is 15.6 Å². The minimum atomic E-state index is -3.72. The van der Waals surface area contributed by atoms with Gasteiger partial charge in [0, 0.05) is 5.56 Å². The van der Waals surface area contributed by atoms with Gasteiger partial charge in [0.2, 0.25) is 15.6 Å². The van der Waals surface area contributed by atoms with Gasteiger partial charge in [0.1, 0.15) is 0 Å². The molecule has 0 aliphatic heterocycles. The highest BCUT2D eigenvalue weighted by atomic mass is 32.2. The molecule has 0 heterocycles. The maximum absolute atomic E-state index is 12.1. The van der Waals surface area contributed by atoms with Crippen LogP contribution in [0, 0.1) is 0 Å². The summed E-state index contributed by atoms with van der Waals surface area (Å²) in [6, 6.07) is 16.1. The average molecular weight is 287 g/mol. The van der Waals surface area contributed by atoms with Crippen molar-refractivity contribution in [1.82, 2.24) is 0 Å². The Kier molecular flexibility index (Phi) is 4.00. The van der Waals surface area contributed by atoms with Gasteiger partial charge in [-0.05, 0) is 12.1 Å². The van der Waals surface area contributed by atoms with Gasteiger partial charge >= 0.3 is 0 Å². The number of nitrogens with two attached hydrogens (primary N) is 1. The summed E-state index contributed by atoms with van der Waals surface area (Å²) in [4.78, 5) is 12.1. The van der Waals surface area contributed by atoms with E-state index in [0.717, 1.165) is 5.41 Å². The molecule has 0 fully saturated rings. The molecule has 2 aromatic rings. The van der Waals surface area contributed by atoms with E-state index in [1.807, 2.05) is 0 Å². The highest BCUT2D eigenvalue weighted by Crippen LogP contribution is 2.14. The summed E-state index contributed by atoms with van der Waals surface area (Å²) in [5, 5.41) is 0.803.